The first-order chi connectivity index (χ1) is 15.3. The Balaban J connectivity index is 1.39. The molecule has 1 fully saturated rings. The van der Waals surface area contributed by atoms with E-state index >= 15 is 0 Å². The number of carbonyl (C=O) groups is 2. The van der Waals surface area contributed by atoms with Crippen molar-refractivity contribution in [3.05, 3.63) is 45.7 Å². The summed E-state index contributed by atoms with van der Waals surface area (Å²) >= 11 is 0. The van der Waals surface area contributed by atoms with Crippen LogP contribution in [0, 0.1) is 0 Å². The van der Waals surface area contributed by atoms with E-state index in [1.807, 2.05) is 13.8 Å². The third kappa shape index (κ3) is 3.50. The molecule has 1 saturated heterocycles. The first-order valence-corrected chi connectivity index (χ1v) is 10.9. The van der Waals surface area contributed by atoms with E-state index in [4.69, 9.17) is 4.42 Å². The van der Waals surface area contributed by atoms with Crippen LogP contribution in [0.25, 0.3) is 11.1 Å². The van der Waals surface area contributed by atoms with Crippen molar-refractivity contribution in [3.63, 3.8) is 0 Å². The number of carbonyl (C=O) groups excluding carboxylic acids is 2. The second-order valence-electron chi connectivity index (χ2n) is 8.94. The molecule has 0 unspecified atom stereocenters. The Hall–Kier alpha value is -3.40. The van der Waals surface area contributed by atoms with Gasteiger partial charge in [-0.1, -0.05) is 0 Å². The molecule has 0 aliphatic carbocycles. The molecular formula is C22H26N6O4. The van der Waals surface area contributed by atoms with Crippen LogP contribution in [-0.2, 0) is 23.4 Å². The van der Waals surface area contributed by atoms with Crippen molar-refractivity contribution in [2.75, 3.05) is 18.4 Å². The second-order valence-corrected chi connectivity index (χ2v) is 8.94. The van der Waals surface area contributed by atoms with Gasteiger partial charge in [0.1, 0.15) is 6.54 Å². The lowest BCUT2D eigenvalue weighted by atomic mass is 10.0. The van der Waals surface area contributed by atoms with Crippen LogP contribution in [0.1, 0.15) is 54.9 Å². The van der Waals surface area contributed by atoms with Crippen LogP contribution in [0.4, 0.5) is 5.69 Å². The number of benzene rings is 1. The molecule has 4 heterocycles. The normalized spacial score (nSPS) is 17.5. The SMILES string of the molecule is CC1(C)NCc2c(C(=O)Nc3ccc4oc(=O)n(CC(=O)N5CCCCC5)c4c3)n[nH]c21. The van der Waals surface area contributed by atoms with E-state index < -0.39 is 5.76 Å². The highest BCUT2D eigenvalue weighted by molar-refractivity contribution is 6.04. The number of rotatable bonds is 4. The molecule has 2 amide bonds. The van der Waals surface area contributed by atoms with Crippen molar-refractivity contribution in [1.29, 1.82) is 0 Å². The van der Waals surface area contributed by atoms with Gasteiger partial charge in [0.15, 0.2) is 11.3 Å². The summed E-state index contributed by atoms with van der Waals surface area (Å²) in [4.78, 5) is 39.7. The number of piperidine rings is 1. The van der Waals surface area contributed by atoms with Gasteiger partial charge in [0.2, 0.25) is 5.91 Å². The smallest absolute Gasteiger partial charge is 0.408 e. The van der Waals surface area contributed by atoms with Gasteiger partial charge in [0.05, 0.1) is 16.7 Å². The summed E-state index contributed by atoms with van der Waals surface area (Å²) in [5, 5.41) is 13.4. The van der Waals surface area contributed by atoms with Crippen LogP contribution < -0.4 is 16.4 Å². The molecule has 2 aliphatic rings. The fourth-order valence-corrected chi connectivity index (χ4v) is 4.50. The van der Waals surface area contributed by atoms with Crippen LogP contribution in [0.15, 0.2) is 27.4 Å². The number of fused-ring (bicyclic) bond motifs is 2. The number of aromatic amines is 1. The summed E-state index contributed by atoms with van der Waals surface area (Å²) in [5.74, 6) is -1.04. The minimum Gasteiger partial charge on any atom is -0.408 e. The van der Waals surface area contributed by atoms with Crippen molar-refractivity contribution in [2.45, 2.75) is 51.7 Å². The van der Waals surface area contributed by atoms with Gasteiger partial charge >= 0.3 is 5.76 Å². The molecule has 168 valence electrons. The Bertz CT molecular complexity index is 1260. The van der Waals surface area contributed by atoms with Crippen molar-refractivity contribution in [2.24, 2.45) is 0 Å². The lowest BCUT2D eigenvalue weighted by Crippen LogP contribution is -2.39. The van der Waals surface area contributed by atoms with E-state index in [1.165, 1.54) is 4.57 Å². The van der Waals surface area contributed by atoms with Gasteiger partial charge in [0.25, 0.3) is 5.91 Å². The molecule has 10 heteroatoms. The molecule has 0 saturated carbocycles. The van der Waals surface area contributed by atoms with E-state index in [-0.39, 0.29) is 23.9 Å². The quantitative estimate of drug-likeness (QED) is 0.572. The largest absolute Gasteiger partial charge is 0.420 e. The summed E-state index contributed by atoms with van der Waals surface area (Å²) in [6.07, 6.45) is 3.08. The summed E-state index contributed by atoms with van der Waals surface area (Å²) < 4.78 is 6.62. The van der Waals surface area contributed by atoms with Crippen molar-refractivity contribution < 1.29 is 14.0 Å². The van der Waals surface area contributed by atoms with Gasteiger partial charge in [0, 0.05) is 30.9 Å². The Morgan fingerprint density at radius 2 is 2.00 bits per heavy atom. The van der Waals surface area contributed by atoms with E-state index in [1.54, 1.807) is 23.1 Å². The van der Waals surface area contributed by atoms with Crippen LogP contribution in [0.2, 0.25) is 0 Å². The summed E-state index contributed by atoms with van der Waals surface area (Å²) in [7, 11) is 0. The molecule has 2 aromatic heterocycles. The van der Waals surface area contributed by atoms with Crippen LogP contribution in [0.3, 0.4) is 0 Å². The van der Waals surface area contributed by atoms with Gasteiger partial charge in [-0.3, -0.25) is 19.3 Å². The number of nitrogens with one attached hydrogen (secondary N) is 3. The minimum atomic E-state index is -0.590. The molecule has 0 spiro atoms. The fourth-order valence-electron chi connectivity index (χ4n) is 4.50. The topological polar surface area (TPSA) is 125 Å². The first kappa shape index (κ1) is 20.5. The zero-order valence-electron chi connectivity index (χ0n) is 18.2. The molecule has 0 bridgehead atoms. The predicted octanol–water partition coefficient (Wildman–Crippen LogP) is 1.92. The molecule has 2 aliphatic heterocycles. The monoisotopic (exact) mass is 438 g/mol. The molecule has 5 rings (SSSR count). The number of nitrogens with zero attached hydrogens (tertiary/aromatic N) is 3. The summed E-state index contributed by atoms with van der Waals surface area (Å²) in [6.45, 7) is 5.94. The number of likely N-dealkylation sites (tertiary alicyclic amines) is 1. The molecule has 10 nitrogen and oxygen atoms in total. The van der Waals surface area contributed by atoms with Gasteiger partial charge in [-0.05, 0) is 51.3 Å². The standard InChI is InChI=1S/C22H26N6O4/c1-22(2)19-14(11-23-22)18(25-26-19)20(30)24-13-6-7-16-15(10-13)28(21(31)32-16)12-17(29)27-8-4-3-5-9-27/h6-7,10,23H,3-5,8-9,11-12H2,1-2H3,(H,24,30)(H,25,26). The van der Waals surface area contributed by atoms with Crippen molar-refractivity contribution >= 4 is 28.6 Å². The number of hydrogen-bond acceptors (Lipinski definition) is 6. The average Bonchev–Trinajstić information content (AvgIpc) is 3.43. The Labute approximate surface area is 184 Å². The van der Waals surface area contributed by atoms with Gasteiger partial charge in [-0.25, -0.2) is 4.79 Å². The maximum atomic E-state index is 12.9. The van der Waals surface area contributed by atoms with Gasteiger partial charge < -0.3 is 20.0 Å². The van der Waals surface area contributed by atoms with Crippen molar-refractivity contribution in [3.8, 4) is 0 Å². The highest BCUT2D eigenvalue weighted by Gasteiger charge is 2.35. The molecule has 0 atom stereocenters. The van der Waals surface area contributed by atoms with Crippen LogP contribution >= 0.6 is 0 Å². The predicted molar refractivity (Wildman–Crippen MR) is 117 cm³/mol. The zero-order valence-corrected chi connectivity index (χ0v) is 18.2. The van der Waals surface area contributed by atoms with E-state index in [9.17, 15) is 14.4 Å². The number of hydrogen-bond donors (Lipinski definition) is 3. The third-order valence-corrected chi connectivity index (χ3v) is 6.34. The average molecular weight is 438 g/mol. The molecular weight excluding hydrogens is 412 g/mol. The maximum absolute atomic E-state index is 12.9. The Morgan fingerprint density at radius 3 is 2.78 bits per heavy atom. The Kier molecular flexibility index (Phi) is 4.89. The number of oxazole rings is 1. The molecule has 1 aromatic carbocycles. The van der Waals surface area contributed by atoms with E-state index in [2.05, 4.69) is 20.8 Å². The molecule has 0 radical (unpaired) electrons. The maximum Gasteiger partial charge on any atom is 0.420 e. The first-order valence-electron chi connectivity index (χ1n) is 10.9. The summed E-state index contributed by atoms with van der Waals surface area (Å²) in [5.41, 5.74) is 3.14. The van der Waals surface area contributed by atoms with E-state index in [0.717, 1.165) is 30.5 Å². The highest BCUT2D eigenvalue weighted by Crippen LogP contribution is 2.30. The second kappa shape index (κ2) is 7.63. The van der Waals surface area contributed by atoms with Crippen molar-refractivity contribution in [1.82, 2.24) is 25.0 Å². The van der Waals surface area contributed by atoms with Crippen LogP contribution in [-0.4, -0.2) is 44.6 Å². The Morgan fingerprint density at radius 1 is 1.22 bits per heavy atom. The lowest BCUT2D eigenvalue weighted by molar-refractivity contribution is -0.132. The molecule has 3 N–H and O–H groups in total. The lowest BCUT2D eigenvalue weighted by Gasteiger charge is -2.26. The fraction of sp³-hybridized carbons (Fsp3) is 0.455. The third-order valence-electron chi connectivity index (χ3n) is 6.34. The van der Waals surface area contributed by atoms with E-state index in [0.29, 0.717) is 42.1 Å². The van der Waals surface area contributed by atoms with Gasteiger partial charge in [-0.2, -0.15) is 5.10 Å². The number of anilines is 1. The van der Waals surface area contributed by atoms with Crippen LogP contribution in [0.5, 0.6) is 0 Å². The number of amides is 2. The number of aromatic nitrogens is 3. The molecule has 3 aromatic rings. The zero-order chi connectivity index (χ0) is 22.5. The summed E-state index contributed by atoms with van der Waals surface area (Å²) in [6, 6.07) is 4.93. The molecule has 32 heavy (non-hydrogen) atoms. The number of H-pyrrole nitrogens is 1. The highest BCUT2D eigenvalue weighted by atomic mass is 16.4. The van der Waals surface area contributed by atoms with Gasteiger partial charge in [-0.15, -0.1) is 0 Å². The minimum absolute atomic E-state index is 0.0864.